The SMILES string of the molecule is Cc1c(NS(=O)(=O)CC(C)c2ccccc2)cnn1-c1ccccc1. The highest BCUT2D eigenvalue weighted by Gasteiger charge is 2.19. The van der Waals surface area contributed by atoms with Gasteiger partial charge >= 0.3 is 0 Å². The largest absolute Gasteiger partial charge is 0.280 e. The Morgan fingerprint density at radius 3 is 2.28 bits per heavy atom. The van der Waals surface area contributed by atoms with E-state index in [1.165, 1.54) is 0 Å². The first-order chi connectivity index (χ1) is 12.0. The minimum absolute atomic E-state index is 0.0208. The van der Waals surface area contributed by atoms with Gasteiger partial charge in [-0.05, 0) is 30.5 Å². The Morgan fingerprint density at radius 2 is 1.64 bits per heavy atom. The molecule has 0 saturated heterocycles. The van der Waals surface area contributed by atoms with Crippen LogP contribution in [0, 0.1) is 6.92 Å². The van der Waals surface area contributed by atoms with Crippen molar-refractivity contribution in [2.24, 2.45) is 0 Å². The van der Waals surface area contributed by atoms with Gasteiger partial charge in [0.1, 0.15) is 0 Å². The molecule has 1 atom stereocenters. The van der Waals surface area contributed by atoms with Crippen LogP contribution in [-0.4, -0.2) is 24.0 Å². The van der Waals surface area contributed by atoms with Gasteiger partial charge in [0.15, 0.2) is 0 Å². The summed E-state index contributed by atoms with van der Waals surface area (Å²) in [6.07, 6.45) is 1.55. The van der Waals surface area contributed by atoms with Gasteiger partial charge in [-0.15, -0.1) is 0 Å². The van der Waals surface area contributed by atoms with Crippen LogP contribution in [0.4, 0.5) is 5.69 Å². The molecule has 0 saturated carbocycles. The molecule has 3 aromatic rings. The van der Waals surface area contributed by atoms with Crippen LogP contribution in [0.25, 0.3) is 5.69 Å². The van der Waals surface area contributed by atoms with Crippen LogP contribution in [0.5, 0.6) is 0 Å². The Morgan fingerprint density at radius 1 is 1.04 bits per heavy atom. The van der Waals surface area contributed by atoms with Crippen molar-refractivity contribution in [1.82, 2.24) is 9.78 Å². The second-order valence-electron chi connectivity index (χ2n) is 6.09. The number of rotatable bonds is 6. The number of hydrogen-bond donors (Lipinski definition) is 1. The third-order valence-corrected chi connectivity index (χ3v) is 5.58. The van der Waals surface area contributed by atoms with Gasteiger partial charge in [-0.3, -0.25) is 4.72 Å². The molecule has 3 rings (SSSR count). The molecule has 1 N–H and O–H groups in total. The second kappa shape index (κ2) is 7.11. The Kier molecular flexibility index (Phi) is 4.90. The summed E-state index contributed by atoms with van der Waals surface area (Å²) in [6, 6.07) is 19.3. The van der Waals surface area contributed by atoms with Gasteiger partial charge in [0.2, 0.25) is 10.0 Å². The molecule has 0 aliphatic carbocycles. The van der Waals surface area contributed by atoms with Gasteiger partial charge in [-0.1, -0.05) is 55.5 Å². The molecule has 1 heterocycles. The minimum atomic E-state index is -3.48. The summed E-state index contributed by atoms with van der Waals surface area (Å²) < 4.78 is 29.5. The zero-order valence-corrected chi connectivity index (χ0v) is 15.1. The van der Waals surface area contributed by atoms with Crippen LogP contribution in [0.3, 0.4) is 0 Å². The molecule has 0 amide bonds. The predicted molar refractivity (Wildman–Crippen MR) is 101 cm³/mol. The lowest BCUT2D eigenvalue weighted by Gasteiger charge is -2.14. The third kappa shape index (κ3) is 4.09. The van der Waals surface area contributed by atoms with Gasteiger partial charge in [-0.25, -0.2) is 13.1 Å². The Balaban J connectivity index is 1.77. The summed E-state index contributed by atoms with van der Waals surface area (Å²) >= 11 is 0. The smallest absolute Gasteiger partial charge is 0.233 e. The number of sulfonamides is 1. The van der Waals surface area contributed by atoms with Gasteiger partial charge in [-0.2, -0.15) is 5.10 Å². The third-order valence-electron chi connectivity index (χ3n) is 4.11. The van der Waals surface area contributed by atoms with Crippen molar-refractivity contribution in [3.8, 4) is 5.69 Å². The number of benzene rings is 2. The fraction of sp³-hybridized carbons (Fsp3) is 0.211. The van der Waals surface area contributed by atoms with Crippen LogP contribution in [-0.2, 0) is 10.0 Å². The van der Waals surface area contributed by atoms with Crippen molar-refractivity contribution < 1.29 is 8.42 Å². The predicted octanol–water partition coefficient (Wildman–Crippen LogP) is 3.73. The fourth-order valence-electron chi connectivity index (χ4n) is 2.76. The summed E-state index contributed by atoms with van der Waals surface area (Å²) in [6.45, 7) is 3.76. The van der Waals surface area contributed by atoms with E-state index in [1.54, 1.807) is 10.9 Å². The first-order valence-corrected chi connectivity index (χ1v) is 9.77. The van der Waals surface area contributed by atoms with Crippen LogP contribution in [0.15, 0.2) is 66.9 Å². The van der Waals surface area contributed by atoms with E-state index in [4.69, 9.17) is 0 Å². The van der Waals surface area contributed by atoms with Crippen molar-refractivity contribution in [1.29, 1.82) is 0 Å². The summed E-state index contributed by atoms with van der Waals surface area (Å²) in [7, 11) is -3.48. The lowest BCUT2D eigenvalue weighted by atomic mass is 10.0. The van der Waals surface area contributed by atoms with E-state index < -0.39 is 10.0 Å². The van der Waals surface area contributed by atoms with E-state index in [1.807, 2.05) is 74.5 Å². The minimum Gasteiger partial charge on any atom is -0.280 e. The van der Waals surface area contributed by atoms with Gasteiger partial charge in [0, 0.05) is 0 Å². The highest BCUT2D eigenvalue weighted by Crippen LogP contribution is 2.22. The Hall–Kier alpha value is -2.60. The number of hydrogen-bond acceptors (Lipinski definition) is 3. The van der Waals surface area contributed by atoms with Crippen molar-refractivity contribution in [3.05, 3.63) is 78.1 Å². The summed E-state index contributed by atoms with van der Waals surface area (Å²) in [4.78, 5) is 0. The molecule has 1 aromatic heterocycles. The van der Waals surface area contributed by atoms with E-state index in [-0.39, 0.29) is 11.7 Å². The van der Waals surface area contributed by atoms with Crippen molar-refractivity contribution in [2.45, 2.75) is 19.8 Å². The highest BCUT2D eigenvalue weighted by atomic mass is 32.2. The highest BCUT2D eigenvalue weighted by molar-refractivity contribution is 7.92. The van der Waals surface area contributed by atoms with Gasteiger partial charge in [0.05, 0.1) is 29.0 Å². The monoisotopic (exact) mass is 355 g/mol. The van der Waals surface area contributed by atoms with Crippen LogP contribution in [0.1, 0.15) is 24.1 Å². The molecule has 0 radical (unpaired) electrons. The molecule has 5 nitrogen and oxygen atoms in total. The fourth-order valence-corrected chi connectivity index (χ4v) is 4.22. The summed E-state index contributed by atoms with van der Waals surface area (Å²) in [5, 5.41) is 4.30. The molecule has 1 unspecified atom stereocenters. The molecule has 25 heavy (non-hydrogen) atoms. The first kappa shape index (κ1) is 17.2. The van der Waals surface area contributed by atoms with E-state index in [2.05, 4.69) is 9.82 Å². The Bertz CT molecular complexity index is 935. The van der Waals surface area contributed by atoms with Gasteiger partial charge in [0.25, 0.3) is 0 Å². The normalized spacial score (nSPS) is 12.7. The molecule has 0 aliphatic heterocycles. The van der Waals surface area contributed by atoms with Crippen LogP contribution in [0.2, 0.25) is 0 Å². The standard InChI is InChI=1S/C19H21N3O2S/c1-15(17-9-5-3-6-10-17)14-25(23,24)21-19-13-20-22(16(19)2)18-11-7-4-8-12-18/h3-13,15,21H,14H2,1-2H3. The number of nitrogens with zero attached hydrogens (tertiary/aromatic N) is 2. The zero-order valence-electron chi connectivity index (χ0n) is 14.3. The van der Waals surface area contributed by atoms with Crippen LogP contribution >= 0.6 is 0 Å². The molecule has 2 aromatic carbocycles. The molecular weight excluding hydrogens is 334 g/mol. The quantitative estimate of drug-likeness (QED) is 0.733. The lowest BCUT2D eigenvalue weighted by Crippen LogP contribution is -2.20. The van der Waals surface area contributed by atoms with E-state index >= 15 is 0 Å². The zero-order chi connectivity index (χ0) is 17.9. The maximum Gasteiger partial charge on any atom is 0.233 e. The number of aromatic nitrogens is 2. The molecule has 0 spiro atoms. The van der Waals surface area contributed by atoms with Crippen molar-refractivity contribution >= 4 is 15.7 Å². The van der Waals surface area contributed by atoms with E-state index in [0.29, 0.717) is 5.69 Å². The van der Waals surface area contributed by atoms with Crippen molar-refractivity contribution in [3.63, 3.8) is 0 Å². The molecule has 130 valence electrons. The lowest BCUT2D eigenvalue weighted by molar-refractivity contribution is 0.595. The second-order valence-corrected chi connectivity index (χ2v) is 7.85. The molecule has 0 bridgehead atoms. The topological polar surface area (TPSA) is 64.0 Å². The van der Waals surface area contributed by atoms with E-state index in [0.717, 1.165) is 16.9 Å². The summed E-state index contributed by atoms with van der Waals surface area (Å²) in [5.74, 6) is -0.0735. The van der Waals surface area contributed by atoms with Gasteiger partial charge < -0.3 is 0 Å². The Labute approximate surface area is 148 Å². The maximum atomic E-state index is 12.5. The number of nitrogens with one attached hydrogen (secondary N) is 1. The van der Waals surface area contributed by atoms with Crippen LogP contribution < -0.4 is 4.72 Å². The number of para-hydroxylation sites is 1. The molecule has 0 fully saturated rings. The first-order valence-electron chi connectivity index (χ1n) is 8.12. The average molecular weight is 355 g/mol. The van der Waals surface area contributed by atoms with Crippen molar-refractivity contribution in [2.75, 3.05) is 10.5 Å². The summed E-state index contributed by atoms with van der Waals surface area (Å²) in [5.41, 5.74) is 3.15. The number of anilines is 1. The average Bonchev–Trinajstić information content (AvgIpc) is 2.96. The maximum absolute atomic E-state index is 12.5. The molecule has 6 heteroatoms. The molecule has 0 aliphatic rings. The molecular formula is C19H21N3O2S. The van der Waals surface area contributed by atoms with E-state index in [9.17, 15) is 8.42 Å².